The normalized spacial score (nSPS) is 23.7. The minimum Gasteiger partial charge on any atom is -0.479 e. The highest BCUT2D eigenvalue weighted by molar-refractivity contribution is 6.28. The molecule has 1 aliphatic heterocycles. The van der Waals surface area contributed by atoms with Crippen LogP contribution in [0, 0.1) is 12.3 Å². The topological polar surface area (TPSA) is 140 Å². The van der Waals surface area contributed by atoms with Crippen LogP contribution in [0.1, 0.15) is 35.9 Å². The van der Waals surface area contributed by atoms with E-state index in [9.17, 15) is 20.1 Å². The fourth-order valence-corrected chi connectivity index (χ4v) is 5.21. The molecule has 1 fully saturated rings. The summed E-state index contributed by atoms with van der Waals surface area (Å²) in [6.45, 7) is 1.68. The van der Waals surface area contributed by atoms with Crippen molar-refractivity contribution in [2.24, 2.45) is 0 Å². The van der Waals surface area contributed by atoms with E-state index >= 15 is 0 Å². The number of aliphatic carboxylic acids is 1. The lowest BCUT2D eigenvalue weighted by molar-refractivity contribution is -0.156. The van der Waals surface area contributed by atoms with Gasteiger partial charge in [-0.2, -0.15) is 4.98 Å². The maximum atomic E-state index is 11.9. The monoisotopic (exact) mass is 576 g/mol. The van der Waals surface area contributed by atoms with Gasteiger partial charge in [-0.25, -0.2) is 14.8 Å². The number of hydrogen-bond donors (Lipinski definition) is 3. The van der Waals surface area contributed by atoms with Gasteiger partial charge in [-0.3, -0.25) is 4.57 Å². The van der Waals surface area contributed by atoms with Crippen LogP contribution in [0.3, 0.4) is 0 Å². The molecule has 41 heavy (non-hydrogen) atoms. The number of aliphatic hydroxyl groups excluding tert-OH is 1. The van der Waals surface area contributed by atoms with Crippen molar-refractivity contribution in [1.82, 2.24) is 19.5 Å². The smallest absolute Gasteiger partial charge is 0.333 e. The number of aliphatic hydroxyl groups is 2. The molecule has 1 aliphatic rings. The summed E-state index contributed by atoms with van der Waals surface area (Å²) in [5.74, 6) is 1.13. The Morgan fingerprint density at radius 1 is 1.17 bits per heavy atom. The summed E-state index contributed by atoms with van der Waals surface area (Å²) >= 11 is 6.29. The Labute approximate surface area is 241 Å². The van der Waals surface area contributed by atoms with E-state index in [1.165, 1.54) is 10.9 Å². The summed E-state index contributed by atoms with van der Waals surface area (Å²) in [6, 6.07) is 18.9. The third-order valence-electron chi connectivity index (χ3n) is 7.34. The second-order valence-electron chi connectivity index (χ2n) is 10.1. The first-order valence-electron chi connectivity index (χ1n) is 13.1. The summed E-state index contributed by atoms with van der Waals surface area (Å²) in [5.41, 5.74) is 1.07. The Bertz CT molecular complexity index is 1560. The van der Waals surface area contributed by atoms with E-state index in [4.69, 9.17) is 27.5 Å². The molecule has 0 radical (unpaired) electrons. The molecule has 6 atom stereocenters. The number of halogens is 1. The van der Waals surface area contributed by atoms with Crippen LogP contribution in [-0.4, -0.2) is 71.3 Å². The lowest BCUT2D eigenvalue weighted by atomic mass is 9.93. The van der Waals surface area contributed by atoms with Crippen LogP contribution in [0.2, 0.25) is 5.28 Å². The molecule has 212 valence electrons. The van der Waals surface area contributed by atoms with Gasteiger partial charge >= 0.3 is 5.97 Å². The number of fused-ring (bicyclic) bond motifs is 1. The van der Waals surface area contributed by atoms with Gasteiger partial charge in [0.25, 0.3) is 0 Å². The predicted octanol–water partition coefficient (Wildman–Crippen LogP) is 3.16. The SMILES string of the molecule is C#C[C@@]1(O)[C@@H](COC(Cc2ccccc2)C(=O)O)O[C@@H](n2cnc3c(C[C@H](C)c4ccccc4)nc(Cl)nc32)[C@@H]1O. The zero-order valence-electron chi connectivity index (χ0n) is 22.2. The first kappa shape index (κ1) is 28.7. The maximum absolute atomic E-state index is 11.9. The van der Waals surface area contributed by atoms with Crippen molar-refractivity contribution in [2.45, 2.75) is 55.8 Å². The number of aromatic nitrogens is 4. The Morgan fingerprint density at radius 2 is 1.85 bits per heavy atom. The first-order chi connectivity index (χ1) is 19.7. The minimum atomic E-state index is -2.18. The molecule has 2 aromatic heterocycles. The van der Waals surface area contributed by atoms with Gasteiger partial charge in [0.2, 0.25) is 5.28 Å². The van der Waals surface area contributed by atoms with Gasteiger partial charge in [0.15, 0.2) is 23.6 Å². The molecule has 3 heterocycles. The van der Waals surface area contributed by atoms with Crippen LogP contribution in [0.25, 0.3) is 11.2 Å². The molecule has 0 amide bonds. The van der Waals surface area contributed by atoms with Crippen LogP contribution in [0.4, 0.5) is 0 Å². The molecule has 0 saturated carbocycles. The van der Waals surface area contributed by atoms with E-state index in [0.29, 0.717) is 17.6 Å². The number of carbonyl (C=O) groups is 1. The third kappa shape index (κ3) is 5.81. The molecule has 11 heteroatoms. The second-order valence-corrected chi connectivity index (χ2v) is 10.4. The minimum absolute atomic E-state index is 0.0145. The Balaban J connectivity index is 1.39. The summed E-state index contributed by atoms with van der Waals surface area (Å²) < 4.78 is 13.1. The summed E-state index contributed by atoms with van der Waals surface area (Å²) in [4.78, 5) is 25.1. The molecule has 0 aliphatic carbocycles. The number of ether oxygens (including phenoxy) is 2. The fourth-order valence-electron chi connectivity index (χ4n) is 5.03. The first-order valence-corrected chi connectivity index (χ1v) is 13.4. The number of hydrogen-bond acceptors (Lipinski definition) is 8. The number of carboxylic acid groups (broad SMARTS) is 1. The van der Waals surface area contributed by atoms with E-state index in [1.807, 2.05) is 36.4 Å². The summed E-state index contributed by atoms with van der Waals surface area (Å²) in [5, 5.41) is 32.1. The van der Waals surface area contributed by atoms with Gasteiger partial charge in [-0.05, 0) is 35.1 Å². The number of imidazole rings is 1. The second kappa shape index (κ2) is 11.9. The lowest BCUT2D eigenvalue weighted by Gasteiger charge is -2.26. The van der Waals surface area contributed by atoms with E-state index in [2.05, 4.69) is 27.8 Å². The average Bonchev–Trinajstić information content (AvgIpc) is 3.50. The standard InChI is InChI=1S/C30H29ClN4O6/c1-3-30(39)23(16-40-22(28(37)38)15-19-10-6-4-7-11-19)41-27(25(30)36)35-17-32-24-21(33-29(31)34-26(24)35)14-18(2)20-12-8-5-9-13-20/h1,4-13,17-18,22-23,25,27,36,39H,14-16H2,2H3,(H,37,38)/t18-,22?,23+,25-,27+,30+/m0/s1. The highest BCUT2D eigenvalue weighted by atomic mass is 35.5. The van der Waals surface area contributed by atoms with Crippen LogP contribution in [0.15, 0.2) is 67.0 Å². The van der Waals surface area contributed by atoms with Crippen molar-refractivity contribution in [3.8, 4) is 12.3 Å². The molecule has 5 rings (SSSR count). The molecule has 2 aromatic carbocycles. The molecular formula is C30H29ClN4O6. The van der Waals surface area contributed by atoms with Crippen LogP contribution in [0.5, 0.6) is 0 Å². The van der Waals surface area contributed by atoms with E-state index in [1.54, 1.807) is 24.3 Å². The summed E-state index contributed by atoms with van der Waals surface area (Å²) in [6.07, 6.45) is 2.37. The van der Waals surface area contributed by atoms with Gasteiger partial charge in [0.05, 0.1) is 18.6 Å². The van der Waals surface area contributed by atoms with Crippen molar-refractivity contribution >= 4 is 28.7 Å². The highest BCUT2D eigenvalue weighted by Crippen LogP contribution is 2.39. The quantitative estimate of drug-likeness (QED) is 0.192. The zero-order chi connectivity index (χ0) is 29.1. The van der Waals surface area contributed by atoms with Crippen molar-refractivity contribution in [3.63, 3.8) is 0 Å². The number of rotatable bonds is 10. The molecule has 0 spiro atoms. The lowest BCUT2D eigenvalue weighted by Crippen LogP contribution is -2.48. The van der Waals surface area contributed by atoms with Crippen molar-refractivity contribution in [2.75, 3.05) is 6.61 Å². The van der Waals surface area contributed by atoms with E-state index < -0.39 is 36.1 Å². The molecular weight excluding hydrogens is 548 g/mol. The molecule has 1 saturated heterocycles. The number of carboxylic acids is 1. The van der Waals surface area contributed by atoms with Crippen molar-refractivity contribution < 1.29 is 29.6 Å². The van der Waals surface area contributed by atoms with E-state index in [-0.39, 0.29) is 29.9 Å². The van der Waals surface area contributed by atoms with Gasteiger partial charge in [-0.1, -0.05) is 73.5 Å². The largest absolute Gasteiger partial charge is 0.479 e. The Morgan fingerprint density at radius 3 is 2.51 bits per heavy atom. The molecule has 4 aromatic rings. The molecule has 10 nitrogen and oxygen atoms in total. The predicted molar refractivity (Wildman–Crippen MR) is 150 cm³/mol. The van der Waals surface area contributed by atoms with Gasteiger partial charge < -0.3 is 24.8 Å². The summed E-state index contributed by atoms with van der Waals surface area (Å²) in [7, 11) is 0. The van der Waals surface area contributed by atoms with Crippen molar-refractivity contribution in [3.05, 3.63) is 89.1 Å². The zero-order valence-corrected chi connectivity index (χ0v) is 22.9. The number of nitrogens with zero attached hydrogens (tertiary/aromatic N) is 4. The Hall–Kier alpha value is -3.85. The maximum Gasteiger partial charge on any atom is 0.333 e. The molecule has 1 unspecified atom stereocenters. The van der Waals surface area contributed by atoms with Gasteiger partial charge in [-0.15, -0.1) is 6.42 Å². The van der Waals surface area contributed by atoms with Crippen molar-refractivity contribution in [1.29, 1.82) is 0 Å². The highest BCUT2D eigenvalue weighted by Gasteiger charge is 2.56. The average molecular weight is 577 g/mol. The van der Waals surface area contributed by atoms with Crippen LogP contribution < -0.4 is 0 Å². The van der Waals surface area contributed by atoms with Gasteiger partial charge in [0, 0.05) is 6.42 Å². The fraction of sp³-hybridized carbons (Fsp3) is 0.333. The van der Waals surface area contributed by atoms with Crippen LogP contribution >= 0.6 is 11.6 Å². The van der Waals surface area contributed by atoms with Crippen LogP contribution in [-0.2, 0) is 27.1 Å². The molecule has 0 bridgehead atoms. The third-order valence-corrected chi connectivity index (χ3v) is 7.51. The van der Waals surface area contributed by atoms with E-state index in [0.717, 1.165) is 11.1 Å². The number of benzene rings is 2. The van der Waals surface area contributed by atoms with Gasteiger partial charge in [0.1, 0.15) is 17.7 Å². The molecule has 3 N–H and O–H groups in total. The Kier molecular flexibility index (Phi) is 8.35. The number of terminal acetylenes is 1.